The highest BCUT2D eigenvalue weighted by molar-refractivity contribution is 8.00. The van der Waals surface area contributed by atoms with Crippen LogP contribution in [0.5, 0.6) is 0 Å². The predicted molar refractivity (Wildman–Crippen MR) is 69.6 cm³/mol. The van der Waals surface area contributed by atoms with Crippen LogP contribution in [-0.2, 0) is 0 Å². The summed E-state index contributed by atoms with van der Waals surface area (Å²) >= 11 is 1.82. The first kappa shape index (κ1) is 11.2. The summed E-state index contributed by atoms with van der Waals surface area (Å²) in [6.45, 7) is 6.57. The van der Waals surface area contributed by atoms with Gasteiger partial charge in [0.05, 0.1) is 5.52 Å². The molecule has 16 heavy (non-hydrogen) atoms. The van der Waals surface area contributed by atoms with Crippen LogP contribution in [0, 0.1) is 0 Å². The van der Waals surface area contributed by atoms with Gasteiger partial charge < -0.3 is 5.73 Å². The van der Waals surface area contributed by atoms with Crippen LogP contribution >= 0.6 is 11.8 Å². The van der Waals surface area contributed by atoms with E-state index in [2.05, 4.69) is 42.9 Å². The van der Waals surface area contributed by atoms with Crippen LogP contribution in [0.25, 0.3) is 10.9 Å². The third-order valence-corrected chi connectivity index (χ3v) is 3.16. The van der Waals surface area contributed by atoms with Crippen LogP contribution in [0.15, 0.2) is 29.4 Å². The van der Waals surface area contributed by atoms with E-state index in [1.54, 1.807) is 0 Å². The number of thioether (sulfide) groups is 1. The van der Waals surface area contributed by atoms with E-state index in [1.807, 2.05) is 17.8 Å². The summed E-state index contributed by atoms with van der Waals surface area (Å²) in [7, 11) is 0. The minimum absolute atomic E-state index is 0.201. The molecule has 0 saturated carbocycles. The van der Waals surface area contributed by atoms with Gasteiger partial charge in [-0.2, -0.15) is 0 Å². The molecule has 0 aliphatic heterocycles. The second-order valence-corrected chi connectivity index (χ2v) is 6.55. The molecular weight excluding hydrogens is 218 g/mol. The lowest BCUT2D eigenvalue weighted by Gasteiger charge is -2.17. The molecule has 0 aliphatic carbocycles. The van der Waals surface area contributed by atoms with Crippen LogP contribution in [0.1, 0.15) is 20.8 Å². The van der Waals surface area contributed by atoms with E-state index in [1.165, 1.54) is 11.2 Å². The Labute approximate surface area is 99.5 Å². The van der Waals surface area contributed by atoms with Crippen molar-refractivity contribution in [1.82, 2.24) is 9.97 Å². The molecule has 2 rings (SSSR count). The van der Waals surface area contributed by atoms with E-state index in [4.69, 9.17) is 5.73 Å². The number of nitrogens with two attached hydrogens (primary N) is 1. The fourth-order valence-electron chi connectivity index (χ4n) is 1.47. The molecule has 2 aromatic rings. The minimum Gasteiger partial charge on any atom is -0.383 e. The maximum atomic E-state index is 5.78. The Hall–Kier alpha value is -1.29. The van der Waals surface area contributed by atoms with Crippen molar-refractivity contribution in [2.24, 2.45) is 0 Å². The summed E-state index contributed by atoms with van der Waals surface area (Å²) in [5.41, 5.74) is 6.68. The molecule has 84 valence electrons. The highest BCUT2D eigenvalue weighted by Crippen LogP contribution is 2.33. The first-order valence-electron chi connectivity index (χ1n) is 5.15. The molecule has 0 atom stereocenters. The summed E-state index contributed by atoms with van der Waals surface area (Å²) in [6, 6.07) is 6.11. The average molecular weight is 233 g/mol. The molecule has 3 nitrogen and oxygen atoms in total. The van der Waals surface area contributed by atoms with Gasteiger partial charge in [-0.3, -0.25) is 0 Å². The second kappa shape index (κ2) is 3.94. The summed E-state index contributed by atoms with van der Waals surface area (Å²) in [5.74, 6) is 0.539. The Bertz CT molecular complexity index is 517. The van der Waals surface area contributed by atoms with Crippen molar-refractivity contribution >= 4 is 28.5 Å². The second-order valence-electron chi connectivity index (χ2n) is 4.65. The lowest BCUT2D eigenvalue weighted by molar-refractivity contribution is 0.803. The Morgan fingerprint density at radius 1 is 1.19 bits per heavy atom. The number of benzene rings is 1. The smallest absolute Gasteiger partial charge is 0.134 e. The van der Waals surface area contributed by atoms with Gasteiger partial charge in [0.15, 0.2) is 0 Å². The number of nitrogen functional groups attached to an aromatic ring is 1. The molecule has 0 spiro atoms. The fraction of sp³-hybridized carbons (Fsp3) is 0.333. The molecule has 1 aromatic carbocycles. The highest BCUT2D eigenvalue weighted by atomic mass is 32.2. The SMILES string of the molecule is CC(C)(C)Sc1ccc2c(N)ncnc2c1. The molecule has 0 radical (unpaired) electrons. The predicted octanol–water partition coefficient (Wildman–Crippen LogP) is 3.10. The van der Waals surface area contributed by atoms with Gasteiger partial charge in [-0.05, 0) is 18.2 Å². The Balaban J connectivity index is 2.45. The largest absolute Gasteiger partial charge is 0.383 e. The third kappa shape index (κ3) is 2.44. The molecule has 1 aromatic heterocycles. The van der Waals surface area contributed by atoms with Gasteiger partial charge in [-0.15, -0.1) is 11.8 Å². The summed E-state index contributed by atoms with van der Waals surface area (Å²) in [5, 5.41) is 0.917. The van der Waals surface area contributed by atoms with E-state index in [0.29, 0.717) is 5.82 Å². The molecule has 0 bridgehead atoms. The van der Waals surface area contributed by atoms with Crippen molar-refractivity contribution in [3.63, 3.8) is 0 Å². The lowest BCUT2D eigenvalue weighted by Crippen LogP contribution is -2.06. The Kier molecular flexibility index (Phi) is 2.76. The minimum atomic E-state index is 0.201. The molecule has 4 heteroatoms. The van der Waals surface area contributed by atoms with Gasteiger partial charge in [0.2, 0.25) is 0 Å². The van der Waals surface area contributed by atoms with E-state index in [0.717, 1.165) is 10.9 Å². The molecule has 0 fully saturated rings. The van der Waals surface area contributed by atoms with Crippen LogP contribution in [0.3, 0.4) is 0 Å². The van der Waals surface area contributed by atoms with Crippen molar-refractivity contribution in [3.05, 3.63) is 24.5 Å². The Morgan fingerprint density at radius 3 is 2.62 bits per heavy atom. The highest BCUT2D eigenvalue weighted by Gasteiger charge is 2.12. The zero-order valence-electron chi connectivity index (χ0n) is 9.69. The van der Waals surface area contributed by atoms with E-state index in [9.17, 15) is 0 Å². The maximum Gasteiger partial charge on any atom is 0.134 e. The van der Waals surface area contributed by atoms with Crippen LogP contribution < -0.4 is 5.73 Å². The van der Waals surface area contributed by atoms with E-state index in [-0.39, 0.29) is 4.75 Å². The lowest BCUT2D eigenvalue weighted by atomic mass is 10.2. The van der Waals surface area contributed by atoms with Gasteiger partial charge in [-0.25, -0.2) is 9.97 Å². The molecule has 0 saturated heterocycles. The molecule has 2 N–H and O–H groups in total. The van der Waals surface area contributed by atoms with Crippen molar-refractivity contribution < 1.29 is 0 Å². The standard InChI is InChI=1S/C12H15N3S/c1-12(2,3)16-8-4-5-9-10(6-8)14-7-15-11(9)13/h4-7H,1-3H3,(H2,13,14,15). The first-order chi connectivity index (χ1) is 7.46. The zero-order valence-corrected chi connectivity index (χ0v) is 10.5. The number of anilines is 1. The van der Waals surface area contributed by atoms with Crippen LogP contribution in [-0.4, -0.2) is 14.7 Å². The number of aromatic nitrogens is 2. The number of hydrogen-bond donors (Lipinski definition) is 1. The molecule has 0 amide bonds. The van der Waals surface area contributed by atoms with Gasteiger partial charge in [0, 0.05) is 15.0 Å². The quantitative estimate of drug-likeness (QED) is 0.769. The van der Waals surface area contributed by atoms with Gasteiger partial charge in [0.1, 0.15) is 12.1 Å². The van der Waals surface area contributed by atoms with Gasteiger partial charge in [-0.1, -0.05) is 20.8 Å². The summed E-state index contributed by atoms with van der Waals surface area (Å²) < 4.78 is 0.201. The van der Waals surface area contributed by atoms with Crippen LogP contribution in [0.2, 0.25) is 0 Å². The van der Waals surface area contributed by atoms with Gasteiger partial charge >= 0.3 is 0 Å². The molecule has 0 aliphatic rings. The topological polar surface area (TPSA) is 51.8 Å². The van der Waals surface area contributed by atoms with E-state index < -0.39 is 0 Å². The van der Waals surface area contributed by atoms with Crippen molar-refractivity contribution in [2.75, 3.05) is 5.73 Å². The normalized spacial score (nSPS) is 11.9. The first-order valence-corrected chi connectivity index (χ1v) is 5.97. The van der Waals surface area contributed by atoms with Crippen LogP contribution in [0.4, 0.5) is 5.82 Å². The van der Waals surface area contributed by atoms with Crippen molar-refractivity contribution in [1.29, 1.82) is 0 Å². The number of rotatable bonds is 1. The molecule has 0 unspecified atom stereocenters. The fourth-order valence-corrected chi connectivity index (χ4v) is 2.49. The van der Waals surface area contributed by atoms with E-state index >= 15 is 0 Å². The van der Waals surface area contributed by atoms with Gasteiger partial charge in [0.25, 0.3) is 0 Å². The van der Waals surface area contributed by atoms with Crippen molar-refractivity contribution in [3.8, 4) is 0 Å². The average Bonchev–Trinajstić information content (AvgIpc) is 2.15. The zero-order chi connectivity index (χ0) is 11.8. The Morgan fingerprint density at radius 2 is 1.94 bits per heavy atom. The number of hydrogen-bond acceptors (Lipinski definition) is 4. The summed E-state index contributed by atoms with van der Waals surface area (Å²) in [6.07, 6.45) is 1.50. The number of nitrogens with zero attached hydrogens (tertiary/aromatic N) is 2. The monoisotopic (exact) mass is 233 g/mol. The molecule has 1 heterocycles. The summed E-state index contributed by atoms with van der Waals surface area (Å²) in [4.78, 5) is 9.41. The number of fused-ring (bicyclic) bond motifs is 1. The maximum absolute atomic E-state index is 5.78. The van der Waals surface area contributed by atoms with Crippen molar-refractivity contribution in [2.45, 2.75) is 30.4 Å². The molecular formula is C12H15N3S. The third-order valence-electron chi connectivity index (χ3n) is 2.06.